The minimum Gasteiger partial charge on any atom is -0.362 e. The number of rotatable bonds is 8. The molecule has 1 aliphatic heterocycles. The van der Waals surface area contributed by atoms with Crippen LogP contribution in [0.25, 0.3) is 5.65 Å². The van der Waals surface area contributed by atoms with E-state index in [1.165, 1.54) is 18.3 Å². The zero-order valence-corrected chi connectivity index (χ0v) is 23.2. The number of imidazole rings is 1. The van der Waals surface area contributed by atoms with Crippen LogP contribution in [0.15, 0.2) is 43.1 Å². The molecule has 1 saturated carbocycles. The number of anilines is 3. The summed E-state index contributed by atoms with van der Waals surface area (Å²) in [6, 6.07) is 4.77. The van der Waals surface area contributed by atoms with Crippen LogP contribution in [0.2, 0.25) is 0 Å². The van der Waals surface area contributed by atoms with Crippen LogP contribution >= 0.6 is 0 Å². The van der Waals surface area contributed by atoms with Crippen molar-refractivity contribution in [3.63, 3.8) is 0 Å². The summed E-state index contributed by atoms with van der Waals surface area (Å²) in [6.45, 7) is 5.85. The Hall–Kier alpha value is -4.94. The first-order valence-electron chi connectivity index (χ1n) is 13.5. The quantitative estimate of drug-likeness (QED) is 0.313. The first-order valence-corrected chi connectivity index (χ1v) is 13.5. The van der Waals surface area contributed by atoms with Gasteiger partial charge in [0, 0.05) is 49.2 Å². The van der Waals surface area contributed by atoms with Crippen molar-refractivity contribution < 1.29 is 14.4 Å². The van der Waals surface area contributed by atoms with Gasteiger partial charge in [0.1, 0.15) is 30.3 Å². The number of pyridine rings is 1. The molecule has 0 spiro atoms. The van der Waals surface area contributed by atoms with Crippen LogP contribution in [0.3, 0.4) is 0 Å². The molecule has 2 aliphatic rings. The van der Waals surface area contributed by atoms with Crippen molar-refractivity contribution in [1.29, 1.82) is 0 Å². The summed E-state index contributed by atoms with van der Waals surface area (Å²) in [6.07, 6.45) is 8.43. The minimum atomic E-state index is -0.375. The molecule has 4 aromatic rings. The minimum absolute atomic E-state index is 0.0110. The van der Waals surface area contributed by atoms with Crippen LogP contribution in [-0.2, 0) is 16.0 Å². The normalized spacial score (nSPS) is 19.1. The lowest BCUT2D eigenvalue weighted by Gasteiger charge is -2.16. The molecule has 1 aliphatic carbocycles. The summed E-state index contributed by atoms with van der Waals surface area (Å²) in [5.41, 5.74) is 3.77. The molecule has 13 heteroatoms. The van der Waals surface area contributed by atoms with E-state index >= 15 is 0 Å². The molecule has 5 heterocycles. The van der Waals surface area contributed by atoms with E-state index in [1.54, 1.807) is 12.3 Å². The number of carbonyl (C=O) groups is 3. The van der Waals surface area contributed by atoms with E-state index in [2.05, 4.69) is 30.6 Å². The molecule has 4 amide bonds. The fourth-order valence-electron chi connectivity index (χ4n) is 4.98. The first-order chi connectivity index (χ1) is 19.7. The lowest BCUT2D eigenvalue weighted by molar-refractivity contribution is -0.124. The van der Waals surface area contributed by atoms with Gasteiger partial charge in [-0.2, -0.15) is 0 Å². The second-order valence-electron chi connectivity index (χ2n) is 10.5. The van der Waals surface area contributed by atoms with E-state index in [9.17, 15) is 14.4 Å². The van der Waals surface area contributed by atoms with Crippen molar-refractivity contribution in [2.24, 2.45) is 5.92 Å². The molecule has 3 atom stereocenters. The average Bonchev–Trinajstić information content (AvgIpc) is 3.58. The van der Waals surface area contributed by atoms with Gasteiger partial charge in [-0.1, -0.05) is 6.92 Å². The molecule has 41 heavy (non-hydrogen) atoms. The first kappa shape index (κ1) is 26.3. The number of hydrogen-bond donors (Lipinski definition) is 2. The zero-order chi connectivity index (χ0) is 28.8. The molecule has 6 rings (SSSR count). The van der Waals surface area contributed by atoms with Gasteiger partial charge in [0.05, 0.1) is 17.4 Å². The number of fused-ring (bicyclic) bond motifs is 1. The molecular formula is C28H30N10O3. The Labute approximate surface area is 236 Å². The maximum absolute atomic E-state index is 12.8. The van der Waals surface area contributed by atoms with Gasteiger partial charge in [-0.25, -0.2) is 29.7 Å². The predicted molar refractivity (Wildman–Crippen MR) is 150 cm³/mol. The highest BCUT2D eigenvalue weighted by atomic mass is 16.2. The Morgan fingerprint density at radius 3 is 2.66 bits per heavy atom. The number of nitrogens with zero attached hydrogens (tertiary/aromatic N) is 8. The summed E-state index contributed by atoms with van der Waals surface area (Å²) in [5.74, 6) is 1.03. The van der Waals surface area contributed by atoms with Crippen molar-refractivity contribution in [2.45, 2.75) is 45.6 Å². The summed E-state index contributed by atoms with van der Waals surface area (Å²) < 4.78 is 1.88. The molecule has 4 aromatic heterocycles. The molecule has 2 N–H and O–H groups in total. The fraction of sp³-hybridized carbons (Fsp3) is 0.357. The number of aromatic nitrogens is 6. The number of aryl methyl sites for hydroxylation is 2. The standard InChI is InChI=1S/C28H30N10O3/c1-5-17-8-21(38-13-24(39)36(4)28(38)41)26-34-20(12-37(26)11-17)16(3)33-22-10-23(31-14-30-22)35-27(40)19-9-18(19)25-29-7-6-15(2)32-25/h6-8,10-12,14,16,18-19H,5,9,13H2,1-4H3,(H2,30,31,33,35,40)/t16-,18?,19?/m1/s1. The Morgan fingerprint density at radius 2 is 1.93 bits per heavy atom. The van der Waals surface area contributed by atoms with Crippen LogP contribution in [0.5, 0.6) is 0 Å². The van der Waals surface area contributed by atoms with Crippen LogP contribution in [-0.4, -0.2) is 65.7 Å². The summed E-state index contributed by atoms with van der Waals surface area (Å²) in [7, 11) is 1.48. The lowest BCUT2D eigenvalue weighted by Crippen LogP contribution is -2.30. The molecule has 2 unspecified atom stereocenters. The van der Waals surface area contributed by atoms with Gasteiger partial charge in [-0.05, 0) is 44.4 Å². The zero-order valence-electron chi connectivity index (χ0n) is 23.2. The molecule has 210 valence electrons. The van der Waals surface area contributed by atoms with Crippen LogP contribution < -0.4 is 15.5 Å². The van der Waals surface area contributed by atoms with Crippen LogP contribution in [0, 0.1) is 12.8 Å². The largest absolute Gasteiger partial charge is 0.362 e. The molecule has 13 nitrogen and oxygen atoms in total. The molecule has 1 saturated heterocycles. The van der Waals surface area contributed by atoms with Gasteiger partial charge in [0.25, 0.3) is 0 Å². The van der Waals surface area contributed by atoms with Crippen LogP contribution in [0.1, 0.15) is 55.0 Å². The van der Waals surface area contributed by atoms with Gasteiger partial charge in [0.15, 0.2) is 5.65 Å². The van der Waals surface area contributed by atoms with Crippen molar-refractivity contribution in [2.75, 3.05) is 29.1 Å². The summed E-state index contributed by atoms with van der Waals surface area (Å²) in [4.78, 5) is 62.4. The van der Waals surface area contributed by atoms with E-state index in [4.69, 9.17) is 4.98 Å². The number of carbonyl (C=O) groups excluding carboxylic acids is 3. The molecular weight excluding hydrogens is 524 g/mol. The van der Waals surface area contributed by atoms with E-state index in [-0.39, 0.29) is 42.3 Å². The topological polar surface area (TPSA) is 151 Å². The van der Waals surface area contributed by atoms with E-state index in [1.807, 2.05) is 49.7 Å². The van der Waals surface area contributed by atoms with E-state index < -0.39 is 0 Å². The van der Waals surface area contributed by atoms with Crippen LogP contribution in [0.4, 0.5) is 22.1 Å². The van der Waals surface area contributed by atoms with Gasteiger partial charge in [-0.3, -0.25) is 19.4 Å². The van der Waals surface area contributed by atoms with Crippen molar-refractivity contribution >= 4 is 40.8 Å². The Bertz CT molecular complexity index is 1680. The number of amides is 4. The monoisotopic (exact) mass is 554 g/mol. The third-order valence-electron chi connectivity index (χ3n) is 7.49. The van der Waals surface area contributed by atoms with E-state index in [0.717, 1.165) is 22.6 Å². The van der Waals surface area contributed by atoms with Gasteiger partial charge >= 0.3 is 6.03 Å². The Balaban J connectivity index is 1.17. The second kappa shape index (κ2) is 10.2. The summed E-state index contributed by atoms with van der Waals surface area (Å²) in [5, 5.41) is 6.20. The van der Waals surface area contributed by atoms with Crippen molar-refractivity contribution in [1.82, 2.24) is 34.2 Å². The highest BCUT2D eigenvalue weighted by Crippen LogP contribution is 2.46. The fourth-order valence-corrected chi connectivity index (χ4v) is 4.98. The SMILES string of the molecule is CCc1cc(N2CC(=O)N(C)C2=O)c2nc([C@@H](C)Nc3cc(NC(=O)C4CC4c4nccc(C)n4)ncn3)cn2c1. The molecule has 2 fully saturated rings. The molecule has 0 radical (unpaired) electrons. The lowest BCUT2D eigenvalue weighted by atomic mass is 10.2. The average molecular weight is 555 g/mol. The Morgan fingerprint density at radius 1 is 1.12 bits per heavy atom. The maximum atomic E-state index is 12.8. The smallest absolute Gasteiger partial charge is 0.331 e. The highest BCUT2D eigenvalue weighted by molar-refractivity contribution is 6.13. The Kier molecular flexibility index (Phi) is 6.56. The van der Waals surface area contributed by atoms with Crippen molar-refractivity contribution in [3.8, 4) is 0 Å². The number of nitrogens with one attached hydrogen (secondary N) is 2. The predicted octanol–water partition coefficient (Wildman–Crippen LogP) is 3.10. The maximum Gasteiger partial charge on any atom is 0.331 e. The van der Waals surface area contributed by atoms with Crippen molar-refractivity contribution in [3.05, 3.63) is 65.9 Å². The number of hydrogen-bond acceptors (Lipinski definition) is 9. The molecule has 0 bridgehead atoms. The number of urea groups is 1. The molecule has 0 aromatic carbocycles. The van der Waals surface area contributed by atoms with Gasteiger partial charge in [0.2, 0.25) is 11.8 Å². The summed E-state index contributed by atoms with van der Waals surface area (Å²) >= 11 is 0. The number of imide groups is 1. The third kappa shape index (κ3) is 5.06. The second-order valence-corrected chi connectivity index (χ2v) is 10.5. The van der Waals surface area contributed by atoms with Gasteiger partial charge < -0.3 is 15.0 Å². The highest BCUT2D eigenvalue weighted by Gasteiger charge is 2.46. The number of likely N-dealkylation sites (N-methyl/N-ethyl adjacent to an activating group) is 1. The van der Waals surface area contributed by atoms with E-state index in [0.29, 0.717) is 40.9 Å². The third-order valence-corrected chi connectivity index (χ3v) is 7.49. The van der Waals surface area contributed by atoms with Gasteiger partial charge in [-0.15, -0.1) is 0 Å².